The molecule has 1 saturated heterocycles. The minimum atomic E-state index is -0.719. The molecule has 0 radical (unpaired) electrons. The number of aryl methyl sites for hydroxylation is 1. The summed E-state index contributed by atoms with van der Waals surface area (Å²) in [4.78, 5) is 17.4. The van der Waals surface area contributed by atoms with Crippen molar-refractivity contribution >= 4 is 18.4 Å². The highest BCUT2D eigenvalue weighted by Gasteiger charge is 2.32. The molecule has 1 aliphatic rings. The van der Waals surface area contributed by atoms with Crippen molar-refractivity contribution in [2.24, 2.45) is 5.92 Å². The van der Waals surface area contributed by atoms with E-state index < -0.39 is 5.97 Å². The summed E-state index contributed by atoms with van der Waals surface area (Å²) in [6.45, 7) is 5.44. The maximum atomic E-state index is 11.0. The number of aliphatic carboxylic acids is 1. The number of likely N-dealkylation sites (tertiary alicyclic amines) is 1. The first-order valence-electron chi connectivity index (χ1n) is 6.91. The molecule has 0 amide bonds. The van der Waals surface area contributed by atoms with Gasteiger partial charge in [-0.1, -0.05) is 18.5 Å². The Morgan fingerprint density at radius 3 is 2.95 bits per heavy atom. The molecule has 0 spiro atoms. The van der Waals surface area contributed by atoms with Crippen LogP contribution >= 0.6 is 12.4 Å². The molecule has 1 fully saturated rings. The van der Waals surface area contributed by atoms with E-state index in [9.17, 15) is 4.79 Å². The van der Waals surface area contributed by atoms with Crippen molar-refractivity contribution in [3.63, 3.8) is 0 Å². The number of halogens is 1. The first kappa shape index (κ1) is 16.9. The van der Waals surface area contributed by atoms with Gasteiger partial charge in [0.1, 0.15) is 0 Å². The number of nitrogens with zero attached hydrogens (tertiary/aromatic N) is 3. The summed E-state index contributed by atoms with van der Waals surface area (Å²) < 4.78 is 5.28. The topological polar surface area (TPSA) is 79.5 Å². The lowest BCUT2D eigenvalue weighted by Crippen LogP contribution is -2.26. The van der Waals surface area contributed by atoms with Crippen molar-refractivity contribution in [2.45, 2.75) is 45.6 Å². The normalized spacial score (nSPS) is 20.6. The summed E-state index contributed by atoms with van der Waals surface area (Å²) in [5.41, 5.74) is 0. The highest BCUT2D eigenvalue weighted by molar-refractivity contribution is 5.85. The lowest BCUT2D eigenvalue weighted by atomic mass is 10.1. The van der Waals surface area contributed by atoms with Crippen LogP contribution in [0.1, 0.15) is 50.9 Å². The molecular weight excluding hydrogens is 282 g/mol. The van der Waals surface area contributed by atoms with Crippen molar-refractivity contribution in [3.8, 4) is 0 Å². The zero-order valence-electron chi connectivity index (χ0n) is 11.9. The third-order valence-corrected chi connectivity index (χ3v) is 3.71. The van der Waals surface area contributed by atoms with Crippen molar-refractivity contribution in [1.29, 1.82) is 0 Å². The van der Waals surface area contributed by atoms with Gasteiger partial charge in [0.2, 0.25) is 5.89 Å². The maximum absolute atomic E-state index is 11.0. The molecule has 20 heavy (non-hydrogen) atoms. The van der Waals surface area contributed by atoms with Crippen LogP contribution in [0.5, 0.6) is 0 Å². The van der Waals surface area contributed by atoms with E-state index in [4.69, 9.17) is 9.63 Å². The largest absolute Gasteiger partial charge is 0.481 e. The number of carboxylic acids is 1. The predicted molar refractivity (Wildman–Crippen MR) is 75.9 cm³/mol. The van der Waals surface area contributed by atoms with E-state index in [2.05, 4.69) is 22.0 Å². The van der Waals surface area contributed by atoms with E-state index in [1.54, 1.807) is 0 Å². The SMILES string of the molecule is CCCCc1noc(C(C)N2CCC(C(=O)O)C2)n1.Cl. The van der Waals surface area contributed by atoms with Crippen LogP contribution in [-0.2, 0) is 11.2 Å². The number of rotatable bonds is 6. The minimum Gasteiger partial charge on any atom is -0.481 e. The molecule has 1 N–H and O–H groups in total. The highest BCUT2D eigenvalue weighted by Crippen LogP contribution is 2.26. The second kappa shape index (κ2) is 7.59. The zero-order valence-corrected chi connectivity index (χ0v) is 12.7. The Morgan fingerprint density at radius 2 is 2.35 bits per heavy atom. The van der Waals surface area contributed by atoms with E-state index >= 15 is 0 Å². The molecule has 0 aliphatic carbocycles. The van der Waals surface area contributed by atoms with Gasteiger partial charge in [-0.25, -0.2) is 0 Å². The van der Waals surface area contributed by atoms with Crippen LogP contribution in [0.2, 0.25) is 0 Å². The fraction of sp³-hybridized carbons (Fsp3) is 0.769. The van der Waals surface area contributed by atoms with Crippen LogP contribution in [0.3, 0.4) is 0 Å². The molecular formula is C13H22ClN3O3. The van der Waals surface area contributed by atoms with Crippen molar-refractivity contribution in [1.82, 2.24) is 15.0 Å². The Balaban J connectivity index is 0.00000200. The van der Waals surface area contributed by atoms with Crippen molar-refractivity contribution in [2.75, 3.05) is 13.1 Å². The fourth-order valence-electron chi connectivity index (χ4n) is 2.37. The third-order valence-electron chi connectivity index (χ3n) is 3.71. The monoisotopic (exact) mass is 303 g/mol. The molecule has 0 aromatic carbocycles. The van der Waals surface area contributed by atoms with Gasteiger partial charge >= 0.3 is 5.97 Å². The summed E-state index contributed by atoms with van der Waals surface area (Å²) in [5.74, 6) is 0.351. The van der Waals surface area contributed by atoms with Gasteiger partial charge < -0.3 is 9.63 Å². The number of aromatic nitrogens is 2. The van der Waals surface area contributed by atoms with E-state index in [1.165, 1.54) is 0 Å². The number of hydrogen-bond acceptors (Lipinski definition) is 5. The second-order valence-corrected chi connectivity index (χ2v) is 5.15. The Kier molecular flexibility index (Phi) is 6.42. The molecule has 114 valence electrons. The minimum absolute atomic E-state index is 0. The van der Waals surface area contributed by atoms with Gasteiger partial charge in [-0.2, -0.15) is 4.98 Å². The molecule has 7 heteroatoms. The van der Waals surface area contributed by atoms with Crippen molar-refractivity contribution < 1.29 is 14.4 Å². The molecule has 0 saturated carbocycles. The van der Waals surface area contributed by atoms with Gasteiger partial charge in [-0.15, -0.1) is 12.4 Å². The molecule has 2 atom stereocenters. The summed E-state index contributed by atoms with van der Waals surface area (Å²) in [6.07, 6.45) is 3.69. The Hall–Kier alpha value is -1.14. The Morgan fingerprint density at radius 1 is 1.60 bits per heavy atom. The van der Waals surface area contributed by atoms with Gasteiger partial charge in [0, 0.05) is 13.0 Å². The summed E-state index contributed by atoms with van der Waals surface area (Å²) >= 11 is 0. The van der Waals surface area contributed by atoms with Gasteiger partial charge in [-0.05, 0) is 26.3 Å². The highest BCUT2D eigenvalue weighted by atomic mass is 35.5. The molecule has 1 aromatic heterocycles. The lowest BCUT2D eigenvalue weighted by molar-refractivity contribution is -0.141. The summed E-state index contributed by atoms with van der Waals surface area (Å²) in [6, 6.07) is -0.00720. The van der Waals surface area contributed by atoms with Gasteiger partial charge in [0.25, 0.3) is 0 Å². The first-order chi connectivity index (χ1) is 9.11. The average Bonchev–Trinajstić information content (AvgIpc) is 3.04. The zero-order chi connectivity index (χ0) is 13.8. The van der Waals surface area contributed by atoms with E-state index in [0.29, 0.717) is 18.9 Å². The quantitative estimate of drug-likeness (QED) is 0.868. The van der Waals surface area contributed by atoms with E-state index in [-0.39, 0.29) is 24.4 Å². The van der Waals surface area contributed by atoms with Crippen LogP contribution in [0, 0.1) is 5.92 Å². The molecule has 0 bridgehead atoms. The Labute approximate surface area is 124 Å². The van der Waals surface area contributed by atoms with E-state index in [1.807, 2.05) is 6.92 Å². The predicted octanol–water partition coefficient (Wildman–Crippen LogP) is 2.30. The van der Waals surface area contributed by atoms with Crippen LogP contribution < -0.4 is 0 Å². The Bertz CT molecular complexity index is 438. The van der Waals surface area contributed by atoms with Crippen LogP contribution in [0.4, 0.5) is 0 Å². The van der Waals surface area contributed by atoms with Crippen LogP contribution in [-0.4, -0.2) is 39.2 Å². The second-order valence-electron chi connectivity index (χ2n) is 5.15. The molecule has 2 heterocycles. The summed E-state index contributed by atoms with van der Waals surface area (Å²) in [7, 11) is 0. The van der Waals surface area contributed by atoms with Gasteiger partial charge in [0.05, 0.1) is 12.0 Å². The molecule has 2 unspecified atom stereocenters. The third kappa shape index (κ3) is 3.93. The molecule has 1 aromatic rings. The van der Waals surface area contributed by atoms with Gasteiger partial charge in [-0.3, -0.25) is 9.69 Å². The van der Waals surface area contributed by atoms with E-state index in [0.717, 1.165) is 31.6 Å². The smallest absolute Gasteiger partial charge is 0.307 e. The average molecular weight is 304 g/mol. The number of unbranched alkanes of at least 4 members (excludes halogenated alkanes) is 1. The van der Waals surface area contributed by atoms with Gasteiger partial charge in [0.15, 0.2) is 5.82 Å². The fourth-order valence-corrected chi connectivity index (χ4v) is 2.37. The standard InChI is InChI=1S/C13H21N3O3.ClH/c1-3-4-5-11-14-12(19-15-11)9(2)16-7-6-10(8-16)13(17)18;/h9-10H,3-8H2,1-2H3,(H,17,18);1H. The lowest BCUT2D eigenvalue weighted by Gasteiger charge is -2.20. The maximum Gasteiger partial charge on any atom is 0.307 e. The first-order valence-corrected chi connectivity index (χ1v) is 6.91. The van der Waals surface area contributed by atoms with Crippen molar-refractivity contribution in [3.05, 3.63) is 11.7 Å². The number of carboxylic acid groups (broad SMARTS) is 1. The number of hydrogen-bond donors (Lipinski definition) is 1. The molecule has 6 nitrogen and oxygen atoms in total. The molecule has 1 aliphatic heterocycles. The van der Waals surface area contributed by atoms with Crippen LogP contribution in [0.25, 0.3) is 0 Å². The molecule has 2 rings (SSSR count). The summed E-state index contributed by atoms with van der Waals surface area (Å²) in [5, 5.41) is 13.0. The van der Waals surface area contributed by atoms with Crippen LogP contribution in [0.15, 0.2) is 4.52 Å². The number of carbonyl (C=O) groups is 1.